The van der Waals surface area contributed by atoms with Gasteiger partial charge >= 0.3 is 5.97 Å². The second-order valence-electron chi connectivity index (χ2n) is 4.56. The van der Waals surface area contributed by atoms with Gasteiger partial charge in [0.2, 0.25) is 0 Å². The normalized spacial score (nSPS) is 10.4. The smallest absolute Gasteiger partial charge is 0.339 e. The second kappa shape index (κ2) is 8.36. The van der Waals surface area contributed by atoms with Gasteiger partial charge in [0.15, 0.2) is 5.82 Å². The van der Waals surface area contributed by atoms with E-state index in [4.69, 9.17) is 4.74 Å². The maximum atomic E-state index is 11.7. The number of methoxy groups -OCH3 is 1. The number of carboxylic acid groups (broad SMARTS) is 1. The lowest BCUT2D eigenvalue weighted by Gasteiger charge is -2.24. The molecule has 0 radical (unpaired) electrons. The summed E-state index contributed by atoms with van der Waals surface area (Å²) in [6.07, 6.45) is 2.98. The minimum Gasteiger partial charge on any atom is -0.478 e. The summed E-state index contributed by atoms with van der Waals surface area (Å²) in [4.78, 5) is 13.5. The fourth-order valence-electron chi connectivity index (χ4n) is 2.25. The van der Waals surface area contributed by atoms with Crippen LogP contribution in [0.2, 0.25) is 0 Å². The highest BCUT2D eigenvalue weighted by Crippen LogP contribution is 2.24. The number of rotatable bonds is 9. The third-order valence-electron chi connectivity index (χ3n) is 3.26. The highest BCUT2D eigenvalue weighted by molar-refractivity contribution is 5.95. The SMILES string of the molecule is C=CCN(CCOC)c1nnc(CC)c(CC)c1C(=O)O. The average molecular weight is 293 g/mol. The molecule has 0 bridgehead atoms. The predicted molar refractivity (Wildman–Crippen MR) is 82.0 cm³/mol. The van der Waals surface area contributed by atoms with Gasteiger partial charge in [-0.3, -0.25) is 0 Å². The van der Waals surface area contributed by atoms with Crippen molar-refractivity contribution < 1.29 is 14.6 Å². The van der Waals surface area contributed by atoms with Gasteiger partial charge in [-0.25, -0.2) is 4.79 Å². The van der Waals surface area contributed by atoms with Crippen molar-refractivity contribution in [3.8, 4) is 0 Å². The lowest BCUT2D eigenvalue weighted by molar-refractivity contribution is 0.0695. The van der Waals surface area contributed by atoms with E-state index in [9.17, 15) is 9.90 Å². The van der Waals surface area contributed by atoms with Crippen molar-refractivity contribution in [2.75, 3.05) is 31.7 Å². The molecule has 0 aliphatic carbocycles. The quantitative estimate of drug-likeness (QED) is 0.701. The molecule has 1 N–H and O–H groups in total. The molecule has 1 aromatic rings. The highest BCUT2D eigenvalue weighted by atomic mass is 16.5. The molecule has 1 heterocycles. The topological polar surface area (TPSA) is 75.5 Å². The van der Waals surface area contributed by atoms with Crippen LogP contribution < -0.4 is 4.90 Å². The molecule has 1 aromatic heterocycles. The number of anilines is 1. The van der Waals surface area contributed by atoms with Gasteiger partial charge in [-0.15, -0.1) is 11.7 Å². The molecule has 0 saturated heterocycles. The molecule has 0 spiro atoms. The molecular weight excluding hydrogens is 270 g/mol. The van der Waals surface area contributed by atoms with Crippen LogP contribution in [0.3, 0.4) is 0 Å². The summed E-state index contributed by atoms with van der Waals surface area (Å²) in [6.45, 7) is 9.09. The van der Waals surface area contributed by atoms with E-state index in [0.29, 0.717) is 38.4 Å². The molecule has 0 amide bonds. The second-order valence-corrected chi connectivity index (χ2v) is 4.56. The van der Waals surface area contributed by atoms with Crippen LogP contribution in [0, 0.1) is 0 Å². The minimum atomic E-state index is -0.974. The molecule has 1 rings (SSSR count). The molecule has 6 heteroatoms. The summed E-state index contributed by atoms with van der Waals surface area (Å²) < 4.78 is 5.07. The van der Waals surface area contributed by atoms with Crippen molar-refractivity contribution in [1.29, 1.82) is 0 Å². The average Bonchev–Trinajstić information content (AvgIpc) is 2.49. The van der Waals surface area contributed by atoms with E-state index in [1.165, 1.54) is 0 Å². The predicted octanol–water partition coefficient (Wildman–Crippen LogP) is 1.94. The fraction of sp³-hybridized carbons (Fsp3) is 0.533. The number of hydrogen-bond donors (Lipinski definition) is 1. The van der Waals surface area contributed by atoms with E-state index in [1.54, 1.807) is 13.2 Å². The molecule has 0 aliphatic heterocycles. The van der Waals surface area contributed by atoms with E-state index < -0.39 is 5.97 Å². The fourth-order valence-corrected chi connectivity index (χ4v) is 2.25. The number of carbonyl (C=O) groups is 1. The van der Waals surface area contributed by atoms with E-state index in [2.05, 4.69) is 16.8 Å². The number of aromatic nitrogens is 2. The maximum absolute atomic E-state index is 11.7. The lowest BCUT2D eigenvalue weighted by atomic mass is 10.0. The van der Waals surface area contributed by atoms with Crippen LogP contribution in [0.4, 0.5) is 5.82 Å². The van der Waals surface area contributed by atoms with Crippen molar-refractivity contribution in [2.45, 2.75) is 26.7 Å². The van der Waals surface area contributed by atoms with Gasteiger partial charge in [-0.1, -0.05) is 19.9 Å². The Morgan fingerprint density at radius 2 is 2.10 bits per heavy atom. The molecule has 6 nitrogen and oxygen atoms in total. The van der Waals surface area contributed by atoms with Gasteiger partial charge in [0.05, 0.1) is 12.3 Å². The van der Waals surface area contributed by atoms with Crippen LogP contribution in [0.25, 0.3) is 0 Å². The van der Waals surface area contributed by atoms with Gasteiger partial charge in [0.1, 0.15) is 5.56 Å². The number of ether oxygens (including phenoxy) is 1. The first kappa shape index (κ1) is 17.1. The van der Waals surface area contributed by atoms with Gasteiger partial charge in [0.25, 0.3) is 0 Å². The molecule has 0 saturated carbocycles. The molecule has 21 heavy (non-hydrogen) atoms. The molecule has 0 fully saturated rings. The maximum Gasteiger partial charge on any atom is 0.339 e. The Bertz CT molecular complexity index is 503. The summed E-state index contributed by atoms with van der Waals surface area (Å²) in [7, 11) is 1.60. The molecule has 0 aromatic carbocycles. The van der Waals surface area contributed by atoms with E-state index in [0.717, 1.165) is 11.3 Å². The third-order valence-corrected chi connectivity index (χ3v) is 3.26. The monoisotopic (exact) mass is 293 g/mol. The van der Waals surface area contributed by atoms with Crippen LogP contribution >= 0.6 is 0 Å². The third kappa shape index (κ3) is 4.01. The Morgan fingerprint density at radius 3 is 2.57 bits per heavy atom. The first-order chi connectivity index (χ1) is 10.1. The first-order valence-electron chi connectivity index (χ1n) is 7.07. The van der Waals surface area contributed by atoms with E-state index in [1.807, 2.05) is 18.7 Å². The number of carboxylic acids is 1. The van der Waals surface area contributed by atoms with E-state index >= 15 is 0 Å². The standard InChI is InChI=1S/C15H23N3O3/c1-5-8-18(9-10-21-4)14-13(15(19)20)11(6-2)12(7-3)16-17-14/h5H,1,6-10H2,2-4H3,(H,19,20). The van der Waals surface area contributed by atoms with Crippen molar-refractivity contribution in [1.82, 2.24) is 10.2 Å². The summed E-state index contributed by atoms with van der Waals surface area (Å²) in [5.74, 6) is -0.591. The highest BCUT2D eigenvalue weighted by Gasteiger charge is 2.23. The van der Waals surface area contributed by atoms with E-state index in [-0.39, 0.29) is 5.56 Å². The number of aryl methyl sites for hydroxylation is 1. The zero-order valence-electron chi connectivity index (χ0n) is 12.9. The molecule has 0 aliphatic rings. The molecule has 0 atom stereocenters. The largest absolute Gasteiger partial charge is 0.478 e. The number of nitrogens with zero attached hydrogens (tertiary/aromatic N) is 3. The molecular formula is C15H23N3O3. The van der Waals surface area contributed by atoms with Gasteiger partial charge < -0.3 is 14.7 Å². The number of aromatic carboxylic acids is 1. The molecule has 116 valence electrons. The summed E-state index contributed by atoms with van der Waals surface area (Å²) >= 11 is 0. The molecule has 0 unspecified atom stereocenters. The van der Waals surface area contributed by atoms with Crippen molar-refractivity contribution in [3.05, 3.63) is 29.5 Å². The summed E-state index contributed by atoms with van der Waals surface area (Å²) in [5.41, 5.74) is 1.73. The Labute approximate surface area is 125 Å². The van der Waals surface area contributed by atoms with Crippen LogP contribution in [-0.2, 0) is 17.6 Å². The van der Waals surface area contributed by atoms with Gasteiger partial charge in [-0.05, 0) is 18.4 Å². The zero-order valence-corrected chi connectivity index (χ0v) is 12.9. The zero-order chi connectivity index (χ0) is 15.8. The Balaban J connectivity index is 3.37. The lowest BCUT2D eigenvalue weighted by Crippen LogP contribution is -2.31. The van der Waals surface area contributed by atoms with Crippen molar-refractivity contribution >= 4 is 11.8 Å². The van der Waals surface area contributed by atoms with Crippen molar-refractivity contribution in [3.63, 3.8) is 0 Å². The van der Waals surface area contributed by atoms with Crippen LogP contribution in [0.15, 0.2) is 12.7 Å². The Morgan fingerprint density at radius 1 is 1.38 bits per heavy atom. The van der Waals surface area contributed by atoms with Gasteiger partial charge in [-0.2, -0.15) is 5.10 Å². The van der Waals surface area contributed by atoms with Gasteiger partial charge in [0, 0.05) is 20.2 Å². The summed E-state index contributed by atoms with van der Waals surface area (Å²) in [6, 6.07) is 0. The number of hydrogen-bond acceptors (Lipinski definition) is 5. The first-order valence-corrected chi connectivity index (χ1v) is 7.07. The van der Waals surface area contributed by atoms with Crippen LogP contribution in [0.1, 0.15) is 35.5 Å². The Hall–Kier alpha value is -1.95. The van der Waals surface area contributed by atoms with Crippen LogP contribution in [0.5, 0.6) is 0 Å². The van der Waals surface area contributed by atoms with Crippen molar-refractivity contribution in [2.24, 2.45) is 0 Å². The minimum absolute atomic E-state index is 0.238. The van der Waals surface area contributed by atoms with Crippen LogP contribution in [-0.4, -0.2) is 48.1 Å². The summed E-state index contributed by atoms with van der Waals surface area (Å²) in [5, 5.41) is 17.9. The Kier molecular flexibility index (Phi) is 6.81.